The quantitative estimate of drug-likeness (QED) is 0.826. The van der Waals surface area contributed by atoms with Crippen LogP contribution in [-0.4, -0.2) is 12.5 Å². The van der Waals surface area contributed by atoms with Gasteiger partial charge in [0.1, 0.15) is 0 Å². The Hall–Kier alpha value is -1.35. The van der Waals surface area contributed by atoms with Crippen LogP contribution >= 0.6 is 0 Å². The third-order valence-corrected chi connectivity index (χ3v) is 4.46. The van der Waals surface area contributed by atoms with Crippen LogP contribution in [0.4, 0.5) is 0 Å². The maximum atomic E-state index is 11.9. The van der Waals surface area contributed by atoms with Crippen molar-refractivity contribution in [1.29, 1.82) is 0 Å². The molecule has 0 spiro atoms. The molecule has 2 rings (SSSR count). The lowest BCUT2D eigenvalue weighted by Crippen LogP contribution is -2.42. The first-order valence-corrected chi connectivity index (χ1v) is 7.22. The van der Waals surface area contributed by atoms with Crippen LogP contribution in [0.2, 0.25) is 0 Å². The van der Waals surface area contributed by atoms with Gasteiger partial charge in [-0.05, 0) is 30.2 Å². The van der Waals surface area contributed by atoms with Crippen molar-refractivity contribution in [1.82, 2.24) is 5.32 Å². The first kappa shape index (κ1) is 14.1. The lowest BCUT2D eigenvalue weighted by atomic mass is 9.67. The topological polar surface area (TPSA) is 55.1 Å². The number of nitrogens with two attached hydrogens (primary N) is 1. The Balaban J connectivity index is 1.78. The number of hydrogen-bond acceptors (Lipinski definition) is 2. The molecule has 1 aliphatic rings. The molecule has 0 aromatic heterocycles. The van der Waals surface area contributed by atoms with E-state index in [0.29, 0.717) is 11.8 Å². The van der Waals surface area contributed by atoms with Crippen molar-refractivity contribution in [3.63, 3.8) is 0 Å². The molecule has 19 heavy (non-hydrogen) atoms. The Morgan fingerprint density at radius 2 is 2.05 bits per heavy atom. The summed E-state index contributed by atoms with van der Waals surface area (Å²) >= 11 is 0. The van der Waals surface area contributed by atoms with Gasteiger partial charge in [0, 0.05) is 19.0 Å². The fraction of sp³-hybridized carbons (Fsp3) is 0.562. The summed E-state index contributed by atoms with van der Waals surface area (Å²) in [5.74, 6) is 0.0658. The highest BCUT2D eigenvalue weighted by Crippen LogP contribution is 2.43. The molecule has 1 atom stereocenters. The van der Waals surface area contributed by atoms with Crippen molar-refractivity contribution in [2.45, 2.75) is 45.1 Å². The average Bonchev–Trinajstić information content (AvgIpc) is 2.39. The molecule has 3 nitrogen and oxygen atoms in total. The van der Waals surface area contributed by atoms with Crippen LogP contribution in [0, 0.1) is 5.41 Å². The predicted octanol–water partition coefficient (Wildman–Crippen LogP) is 2.77. The van der Waals surface area contributed by atoms with E-state index in [9.17, 15) is 4.79 Å². The van der Waals surface area contributed by atoms with Gasteiger partial charge in [0.15, 0.2) is 0 Å². The second kappa shape index (κ2) is 6.20. The Bertz CT molecular complexity index is 407. The summed E-state index contributed by atoms with van der Waals surface area (Å²) in [5.41, 5.74) is 7.44. The molecule has 3 heteroatoms. The van der Waals surface area contributed by atoms with Gasteiger partial charge in [-0.25, -0.2) is 0 Å². The summed E-state index contributed by atoms with van der Waals surface area (Å²) in [6.07, 6.45) is 5.30. The van der Waals surface area contributed by atoms with Gasteiger partial charge in [0.2, 0.25) is 5.91 Å². The van der Waals surface area contributed by atoms with Crippen LogP contribution < -0.4 is 11.1 Å². The standard InChI is InChI=1S/C16H24N2O/c1-2-16(9-6-10-16)12-18-15(19)11-14(17)13-7-4-3-5-8-13/h3-5,7-8,14H,2,6,9-12,17H2,1H3,(H,18,19). The molecule has 0 saturated heterocycles. The first-order valence-electron chi connectivity index (χ1n) is 7.22. The summed E-state index contributed by atoms with van der Waals surface area (Å²) in [5, 5.41) is 3.06. The fourth-order valence-electron chi connectivity index (χ4n) is 2.71. The number of amides is 1. The van der Waals surface area contributed by atoms with E-state index in [1.807, 2.05) is 30.3 Å². The third-order valence-electron chi connectivity index (χ3n) is 4.46. The van der Waals surface area contributed by atoms with Gasteiger partial charge in [-0.2, -0.15) is 0 Å². The van der Waals surface area contributed by atoms with E-state index in [1.165, 1.54) is 19.3 Å². The van der Waals surface area contributed by atoms with Gasteiger partial charge in [-0.1, -0.05) is 43.7 Å². The molecule has 1 unspecified atom stereocenters. The zero-order valence-electron chi connectivity index (χ0n) is 11.7. The SMILES string of the molecule is CCC1(CNC(=O)CC(N)c2ccccc2)CCC1. The van der Waals surface area contributed by atoms with Gasteiger partial charge in [-0.3, -0.25) is 4.79 Å². The fourth-order valence-corrected chi connectivity index (χ4v) is 2.71. The van der Waals surface area contributed by atoms with E-state index >= 15 is 0 Å². The molecule has 0 aliphatic heterocycles. The molecule has 1 amide bonds. The lowest BCUT2D eigenvalue weighted by Gasteiger charge is -2.41. The van der Waals surface area contributed by atoms with Gasteiger partial charge in [-0.15, -0.1) is 0 Å². The molecule has 0 bridgehead atoms. The highest BCUT2D eigenvalue weighted by molar-refractivity contribution is 5.76. The van der Waals surface area contributed by atoms with E-state index in [4.69, 9.17) is 5.73 Å². The summed E-state index contributed by atoms with van der Waals surface area (Å²) in [6, 6.07) is 9.59. The number of rotatable bonds is 6. The van der Waals surface area contributed by atoms with Crippen molar-refractivity contribution >= 4 is 5.91 Å². The van der Waals surface area contributed by atoms with Gasteiger partial charge in [0.25, 0.3) is 0 Å². The summed E-state index contributed by atoms with van der Waals surface area (Å²) in [7, 11) is 0. The molecular formula is C16H24N2O. The highest BCUT2D eigenvalue weighted by Gasteiger charge is 2.35. The molecule has 1 aromatic carbocycles. The number of carbonyl (C=O) groups excluding carboxylic acids is 1. The van der Waals surface area contributed by atoms with E-state index in [2.05, 4.69) is 12.2 Å². The van der Waals surface area contributed by atoms with Crippen LogP contribution in [0.5, 0.6) is 0 Å². The van der Waals surface area contributed by atoms with Crippen LogP contribution in [0.3, 0.4) is 0 Å². The monoisotopic (exact) mass is 260 g/mol. The van der Waals surface area contributed by atoms with Crippen molar-refractivity contribution in [3.8, 4) is 0 Å². The maximum absolute atomic E-state index is 11.9. The number of nitrogens with one attached hydrogen (secondary N) is 1. The van der Waals surface area contributed by atoms with Crippen LogP contribution in [0.1, 0.15) is 50.6 Å². The Morgan fingerprint density at radius 3 is 2.58 bits per heavy atom. The zero-order valence-corrected chi connectivity index (χ0v) is 11.7. The van der Waals surface area contributed by atoms with Crippen molar-refractivity contribution in [2.75, 3.05) is 6.54 Å². The van der Waals surface area contributed by atoms with Gasteiger partial charge < -0.3 is 11.1 Å². The minimum absolute atomic E-state index is 0.0658. The molecule has 0 heterocycles. The molecule has 1 saturated carbocycles. The Kier molecular flexibility index (Phi) is 4.59. The van der Waals surface area contributed by atoms with Crippen molar-refractivity contribution in [3.05, 3.63) is 35.9 Å². The van der Waals surface area contributed by atoms with Gasteiger partial charge in [0.05, 0.1) is 0 Å². The van der Waals surface area contributed by atoms with Crippen molar-refractivity contribution in [2.24, 2.45) is 11.1 Å². The Labute approximate surface area is 115 Å². The smallest absolute Gasteiger partial charge is 0.221 e. The highest BCUT2D eigenvalue weighted by atomic mass is 16.1. The summed E-state index contributed by atoms with van der Waals surface area (Å²) in [4.78, 5) is 11.9. The van der Waals surface area contributed by atoms with E-state index in [1.54, 1.807) is 0 Å². The minimum Gasteiger partial charge on any atom is -0.355 e. The molecule has 1 aliphatic carbocycles. The summed E-state index contributed by atoms with van der Waals surface area (Å²) in [6.45, 7) is 3.02. The zero-order chi connectivity index (χ0) is 13.7. The second-order valence-electron chi connectivity index (χ2n) is 5.71. The molecular weight excluding hydrogens is 236 g/mol. The van der Waals surface area contributed by atoms with Crippen molar-refractivity contribution < 1.29 is 4.79 Å². The van der Waals surface area contributed by atoms with E-state index in [0.717, 1.165) is 18.5 Å². The largest absolute Gasteiger partial charge is 0.355 e. The number of carbonyl (C=O) groups is 1. The third kappa shape index (κ3) is 3.57. The first-order chi connectivity index (χ1) is 9.15. The molecule has 0 radical (unpaired) electrons. The van der Waals surface area contributed by atoms with Gasteiger partial charge >= 0.3 is 0 Å². The normalized spacial score (nSPS) is 18.4. The minimum atomic E-state index is -0.208. The van der Waals surface area contributed by atoms with Crippen LogP contribution in [-0.2, 0) is 4.79 Å². The number of hydrogen-bond donors (Lipinski definition) is 2. The second-order valence-corrected chi connectivity index (χ2v) is 5.71. The Morgan fingerprint density at radius 1 is 1.37 bits per heavy atom. The van der Waals surface area contributed by atoms with Crippen LogP contribution in [0.25, 0.3) is 0 Å². The molecule has 104 valence electrons. The lowest BCUT2D eigenvalue weighted by molar-refractivity contribution is -0.122. The molecule has 3 N–H and O–H groups in total. The molecule has 1 fully saturated rings. The number of benzene rings is 1. The van der Waals surface area contributed by atoms with E-state index in [-0.39, 0.29) is 11.9 Å². The summed E-state index contributed by atoms with van der Waals surface area (Å²) < 4.78 is 0. The van der Waals surface area contributed by atoms with E-state index < -0.39 is 0 Å². The average molecular weight is 260 g/mol. The maximum Gasteiger partial charge on any atom is 0.221 e. The predicted molar refractivity (Wildman–Crippen MR) is 77.6 cm³/mol. The van der Waals surface area contributed by atoms with Crippen LogP contribution in [0.15, 0.2) is 30.3 Å². The molecule has 1 aromatic rings.